The highest BCUT2D eigenvalue weighted by atomic mass is 79.9. The maximum absolute atomic E-state index is 11.4. The molecule has 0 saturated carbocycles. The van der Waals surface area contributed by atoms with Crippen LogP contribution in [0.1, 0.15) is 6.92 Å². The molecule has 0 radical (unpaired) electrons. The molecule has 13 heavy (non-hydrogen) atoms. The molecular weight excluding hydrogens is 254 g/mol. The van der Waals surface area contributed by atoms with E-state index < -0.39 is 9.84 Å². The normalized spacial score (nSPS) is 28.6. The minimum atomic E-state index is -2.82. The Kier molecular flexibility index (Phi) is 3.54. The van der Waals surface area contributed by atoms with Crippen molar-refractivity contribution in [2.24, 2.45) is 0 Å². The molecule has 0 aromatic heterocycles. The molecule has 0 bridgehead atoms. The molecule has 1 saturated heterocycles. The van der Waals surface area contributed by atoms with Gasteiger partial charge < -0.3 is 0 Å². The van der Waals surface area contributed by atoms with Gasteiger partial charge in [-0.05, 0) is 6.92 Å². The largest absolute Gasteiger partial charge is 0.296 e. The number of halogens is 1. The van der Waals surface area contributed by atoms with E-state index >= 15 is 0 Å². The van der Waals surface area contributed by atoms with Gasteiger partial charge in [-0.3, -0.25) is 4.90 Å². The predicted molar refractivity (Wildman–Crippen MR) is 57.8 cm³/mol. The van der Waals surface area contributed by atoms with Gasteiger partial charge in [0, 0.05) is 24.1 Å². The molecule has 5 heteroatoms. The lowest BCUT2D eigenvalue weighted by atomic mass is 10.4. The summed E-state index contributed by atoms with van der Waals surface area (Å²) in [6.45, 7) is 7.47. The summed E-state index contributed by atoms with van der Waals surface area (Å²) in [5, 5.41) is -0.243. The second-order valence-corrected chi connectivity index (χ2v) is 7.09. The van der Waals surface area contributed by atoms with Crippen molar-refractivity contribution in [3.05, 3.63) is 11.1 Å². The van der Waals surface area contributed by atoms with E-state index in [1.54, 1.807) is 6.92 Å². The first-order valence-corrected chi connectivity index (χ1v) is 6.70. The molecule has 76 valence electrons. The standard InChI is InChI=1S/C8H14BrNO2S/c1-7(9)5-10-3-4-13(11,12)8(2)6-10/h8H,1,3-6H2,2H3. The van der Waals surface area contributed by atoms with E-state index in [1.165, 1.54) is 0 Å². The Hall–Kier alpha value is 0.130. The first-order valence-electron chi connectivity index (χ1n) is 4.19. The zero-order chi connectivity index (χ0) is 10.1. The number of hydrogen-bond donors (Lipinski definition) is 0. The molecule has 1 unspecified atom stereocenters. The average Bonchev–Trinajstić information content (AvgIpc) is 1.97. The van der Waals surface area contributed by atoms with E-state index in [4.69, 9.17) is 0 Å². The van der Waals surface area contributed by atoms with Gasteiger partial charge in [-0.2, -0.15) is 0 Å². The number of hydrogen-bond acceptors (Lipinski definition) is 3. The van der Waals surface area contributed by atoms with Crippen LogP contribution in [-0.2, 0) is 9.84 Å². The molecule has 3 nitrogen and oxygen atoms in total. The van der Waals surface area contributed by atoms with Crippen molar-refractivity contribution in [1.29, 1.82) is 0 Å². The van der Waals surface area contributed by atoms with E-state index in [-0.39, 0.29) is 11.0 Å². The topological polar surface area (TPSA) is 37.4 Å². The molecule has 0 spiro atoms. The number of rotatable bonds is 2. The molecule has 0 aromatic carbocycles. The summed E-state index contributed by atoms with van der Waals surface area (Å²) in [5.41, 5.74) is 0. The lowest BCUT2D eigenvalue weighted by Gasteiger charge is -2.30. The fourth-order valence-corrected chi connectivity index (χ4v) is 3.12. The molecular formula is C8H14BrNO2S. The van der Waals surface area contributed by atoms with Crippen molar-refractivity contribution >= 4 is 25.8 Å². The summed E-state index contributed by atoms with van der Waals surface area (Å²) in [5.74, 6) is 0.272. The van der Waals surface area contributed by atoms with E-state index in [0.717, 1.165) is 11.0 Å². The smallest absolute Gasteiger partial charge is 0.155 e. The van der Waals surface area contributed by atoms with E-state index in [2.05, 4.69) is 27.4 Å². The van der Waals surface area contributed by atoms with Crippen LogP contribution >= 0.6 is 15.9 Å². The highest BCUT2D eigenvalue weighted by Crippen LogP contribution is 2.14. The van der Waals surface area contributed by atoms with Crippen LogP contribution in [0.3, 0.4) is 0 Å². The van der Waals surface area contributed by atoms with Crippen LogP contribution in [0.5, 0.6) is 0 Å². The van der Waals surface area contributed by atoms with E-state index in [9.17, 15) is 8.42 Å². The summed E-state index contributed by atoms with van der Waals surface area (Å²) in [7, 11) is -2.82. The van der Waals surface area contributed by atoms with Gasteiger partial charge in [0.1, 0.15) is 0 Å². The van der Waals surface area contributed by atoms with Crippen LogP contribution in [0.2, 0.25) is 0 Å². The minimum absolute atomic E-state index is 0.243. The summed E-state index contributed by atoms with van der Waals surface area (Å²) in [4.78, 5) is 2.10. The van der Waals surface area contributed by atoms with Crippen molar-refractivity contribution in [3.63, 3.8) is 0 Å². The van der Waals surface area contributed by atoms with Gasteiger partial charge in [0.05, 0.1) is 11.0 Å². The third-order valence-electron chi connectivity index (χ3n) is 2.22. The molecule has 1 aliphatic rings. The van der Waals surface area contributed by atoms with Gasteiger partial charge in [0.2, 0.25) is 0 Å². The van der Waals surface area contributed by atoms with Crippen LogP contribution < -0.4 is 0 Å². The molecule has 1 heterocycles. The Morgan fingerprint density at radius 3 is 2.77 bits per heavy atom. The average molecular weight is 268 g/mol. The van der Waals surface area contributed by atoms with Crippen LogP contribution in [0.15, 0.2) is 11.1 Å². The third kappa shape index (κ3) is 3.07. The van der Waals surface area contributed by atoms with Crippen molar-refractivity contribution in [1.82, 2.24) is 4.90 Å². The molecule has 0 N–H and O–H groups in total. The van der Waals surface area contributed by atoms with Crippen molar-refractivity contribution in [3.8, 4) is 0 Å². The fraction of sp³-hybridized carbons (Fsp3) is 0.750. The van der Waals surface area contributed by atoms with Gasteiger partial charge >= 0.3 is 0 Å². The van der Waals surface area contributed by atoms with Crippen molar-refractivity contribution in [2.45, 2.75) is 12.2 Å². The van der Waals surface area contributed by atoms with Gasteiger partial charge in [0.25, 0.3) is 0 Å². The van der Waals surface area contributed by atoms with Gasteiger partial charge in [-0.25, -0.2) is 8.42 Å². The van der Waals surface area contributed by atoms with Gasteiger partial charge in [0.15, 0.2) is 9.84 Å². The zero-order valence-electron chi connectivity index (χ0n) is 7.66. The Morgan fingerprint density at radius 1 is 1.69 bits per heavy atom. The Morgan fingerprint density at radius 2 is 2.31 bits per heavy atom. The summed E-state index contributed by atoms with van der Waals surface area (Å²) in [6, 6.07) is 0. The highest BCUT2D eigenvalue weighted by Gasteiger charge is 2.28. The molecule has 1 fully saturated rings. The zero-order valence-corrected chi connectivity index (χ0v) is 10.1. The fourth-order valence-electron chi connectivity index (χ4n) is 1.41. The van der Waals surface area contributed by atoms with Crippen LogP contribution in [0, 0.1) is 0 Å². The Bertz CT molecular complexity index is 299. The quantitative estimate of drug-likeness (QED) is 0.750. The molecule has 1 atom stereocenters. The summed E-state index contributed by atoms with van der Waals surface area (Å²) < 4.78 is 23.6. The molecule has 0 aromatic rings. The Balaban J connectivity index is 2.56. The SMILES string of the molecule is C=C(Br)CN1CCS(=O)(=O)C(C)C1. The van der Waals surface area contributed by atoms with Gasteiger partial charge in [-0.15, -0.1) is 0 Å². The molecule has 1 aliphatic heterocycles. The highest BCUT2D eigenvalue weighted by molar-refractivity contribution is 9.11. The van der Waals surface area contributed by atoms with Gasteiger partial charge in [-0.1, -0.05) is 22.5 Å². The molecule has 0 amide bonds. The van der Waals surface area contributed by atoms with Crippen molar-refractivity contribution in [2.75, 3.05) is 25.4 Å². The summed E-state index contributed by atoms with van der Waals surface area (Å²) >= 11 is 3.27. The van der Waals surface area contributed by atoms with Crippen LogP contribution in [0.25, 0.3) is 0 Å². The maximum Gasteiger partial charge on any atom is 0.155 e. The third-order valence-corrected chi connectivity index (χ3v) is 4.59. The predicted octanol–water partition coefficient (Wildman–Crippen LogP) is 1.01. The number of sulfone groups is 1. The monoisotopic (exact) mass is 267 g/mol. The second kappa shape index (κ2) is 4.11. The Labute approximate surface area is 87.9 Å². The van der Waals surface area contributed by atoms with Crippen LogP contribution in [0.4, 0.5) is 0 Å². The first kappa shape index (κ1) is 11.2. The van der Waals surface area contributed by atoms with E-state index in [1.807, 2.05) is 0 Å². The summed E-state index contributed by atoms with van der Waals surface area (Å²) in [6.07, 6.45) is 0. The second-order valence-electron chi connectivity index (χ2n) is 3.43. The minimum Gasteiger partial charge on any atom is -0.296 e. The lowest BCUT2D eigenvalue weighted by Crippen LogP contribution is -2.45. The maximum atomic E-state index is 11.4. The van der Waals surface area contributed by atoms with Crippen LogP contribution in [-0.4, -0.2) is 44.0 Å². The van der Waals surface area contributed by atoms with Crippen molar-refractivity contribution < 1.29 is 8.42 Å². The lowest BCUT2D eigenvalue weighted by molar-refractivity contribution is 0.305. The number of nitrogens with zero attached hydrogens (tertiary/aromatic N) is 1. The van der Waals surface area contributed by atoms with E-state index in [0.29, 0.717) is 13.1 Å². The molecule has 1 rings (SSSR count). The first-order chi connectivity index (χ1) is 5.92. The molecule has 0 aliphatic carbocycles.